The number of aliphatic hydroxyl groups is 4. The number of carbonyl (C=O) groups is 1. The molecule has 9 heteroatoms. The van der Waals surface area contributed by atoms with Crippen LogP contribution in [0.4, 0.5) is 0 Å². The second kappa shape index (κ2) is 30.3. The summed E-state index contributed by atoms with van der Waals surface area (Å²) in [6.07, 6.45) is 25.0. The first-order valence-electron chi connectivity index (χ1n) is 19.1. The lowest BCUT2D eigenvalue weighted by molar-refractivity contribution is -0.305. The molecular formula is C37H72O9. The van der Waals surface area contributed by atoms with Gasteiger partial charge in [0.05, 0.1) is 19.8 Å². The Morgan fingerprint density at radius 1 is 0.609 bits per heavy atom. The fourth-order valence-corrected chi connectivity index (χ4v) is 6.14. The molecule has 0 aromatic rings. The van der Waals surface area contributed by atoms with Gasteiger partial charge in [-0.3, -0.25) is 4.79 Å². The van der Waals surface area contributed by atoms with Crippen molar-refractivity contribution in [3.63, 3.8) is 0 Å². The van der Waals surface area contributed by atoms with Crippen LogP contribution >= 0.6 is 0 Å². The summed E-state index contributed by atoms with van der Waals surface area (Å²) in [5, 5.41) is 39.2. The average molecular weight is 661 g/mol. The number of ether oxygens (including phenoxy) is 4. The number of aliphatic hydroxyl groups excluding tert-OH is 4. The van der Waals surface area contributed by atoms with Crippen LogP contribution in [0.5, 0.6) is 0 Å². The Balaban J connectivity index is 1.89. The van der Waals surface area contributed by atoms with Crippen molar-refractivity contribution in [2.45, 2.75) is 205 Å². The molecule has 46 heavy (non-hydrogen) atoms. The van der Waals surface area contributed by atoms with Gasteiger partial charge in [-0.05, 0) is 6.42 Å². The van der Waals surface area contributed by atoms with Gasteiger partial charge in [0.1, 0.15) is 30.5 Å². The number of carbonyl (C=O) groups excluding carboxylic acids is 1. The molecule has 0 saturated carbocycles. The molecule has 1 aliphatic rings. The fourth-order valence-electron chi connectivity index (χ4n) is 6.14. The molecule has 0 amide bonds. The summed E-state index contributed by atoms with van der Waals surface area (Å²) in [6.45, 7) is 3.60. The van der Waals surface area contributed by atoms with E-state index >= 15 is 0 Å². The monoisotopic (exact) mass is 661 g/mol. The predicted molar refractivity (Wildman–Crippen MR) is 183 cm³/mol. The van der Waals surface area contributed by atoms with Gasteiger partial charge in [-0.2, -0.15) is 0 Å². The quantitative estimate of drug-likeness (QED) is 0.0439. The Morgan fingerprint density at radius 2 is 1.02 bits per heavy atom. The van der Waals surface area contributed by atoms with E-state index in [-0.39, 0.29) is 13.2 Å². The minimum atomic E-state index is -1.53. The molecule has 6 atom stereocenters. The molecule has 0 radical (unpaired) electrons. The minimum Gasteiger partial charge on any atom is -0.458 e. The molecule has 0 bridgehead atoms. The van der Waals surface area contributed by atoms with Crippen molar-refractivity contribution >= 4 is 5.97 Å². The van der Waals surface area contributed by atoms with Crippen LogP contribution in [-0.2, 0) is 23.7 Å². The standard InChI is InChI=1S/C37H72O9/c1-3-4-5-6-7-8-9-10-11-12-13-14-15-16-17-18-19-20-21-22-23-24-25-26-27-43-29-32(45-31(2)39)30-44-37-36(42)35(41)34(40)33(28-38)46-37/h32-38,40-42H,3-30H2,1-2H3. The summed E-state index contributed by atoms with van der Waals surface area (Å²) in [5.41, 5.74) is 0. The van der Waals surface area contributed by atoms with E-state index in [1.165, 1.54) is 148 Å². The number of esters is 1. The lowest BCUT2D eigenvalue weighted by Crippen LogP contribution is -2.59. The topological polar surface area (TPSA) is 135 Å². The Bertz CT molecular complexity index is 677. The Labute approximate surface area is 281 Å². The summed E-state index contributed by atoms with van der Waals surface area (Å²) in [6, 6.07) is 0. The highest BCUT2D eigenvalue weighted by Gasteiger charge is 2.44. The second-order valence-corrected chi connectivity index (χ2v) is 13.5. The van der Waals surface area contributed by atoms with Crippen molar-refractivity contribution in [1.82, 2.24) is 0 Å². The van der Waals surface area contributed by atoms with Gasteiger partial charge in [-0.15, -0.1) is 0 Å². The Hall–Kier alpha value is -0.810. The number of hydrogen-bond acceptors (Lipinski definition) is 9. The predicted octanol–water partition coefficient (Wildman–Crippen LogP) is 7.13. The van der Waals surface area contributed by atoms with Crippen LogP contribution in [0.25, 0.3) is 0 Å². The molecule has 9 nitrogen and oxygen atoms in total. The normalized spacial score (nSPS) is 22.3. The second-order valence-electron chi connectivity index (χ2n) is 13.5. The summed E-state index contributed by atoms with van der Waals surface area (Å²) < 4.78 is 21.8. The third-order valence-corrected chi connectivity index (χ3v) is 9.07. The van der Waals surface area contributed by atoms with Gasteiger partial charge >= 0.3 is 5.97 Å². The maximum Gasteiger partial charge on any atom is 0.303 e. The van der Waals surface area contributed by atoms with Crippen molar-refractivity contribution in [3.8, 4) is 0 Å². The van der Waals surface area contributed by atoms with Crippen LogP contribution in [0.1, 0.15) is 168 Å². The van der Waals surface area contributed by atoms with Crippen molar-refractivity contribution in [2.24, 2.45) is 0 Å². The summed E-state index contributed by atoms with van der Waals surface area (Å²) in [7, 11) is 0. The van der Waals surface area contributed by atoms with Gasteiger partial charge < -0.3 is 39.4 Å². The molecule has 0 aliphatic carbocycles. The van der Waals surface area contributed by atoms with E-state index in [1.54, 1.807) is 0 Å². The molecule has 6 unspecified atom stereocenters. The third kappa shape index (κ3) is 22.7. The van der Waals surface area contributed by atoms with Gasteiger partial charge in [0.2, 0.25) is 0 Å². The van der Waals surface area contributed by atoms with Crippen molar-refractivity contribution < 1.29 is 44.2 Å². The molecule has 1 fully saturated rings. The van der Waals surface area contributed by atoms with E-state index in [0.29, 0.717) is 6.61 Å². The van der Waals surface area contributed by atoms with Gasteiger partial charge in [-0.25, -0.2) is 0 Å². The van der Waals surface area contributed by atoms with E-state index in [0.717, 1.165) is 12.8 Å². The summed E-state index contributed by atoms with van der Waals surface area (Å²) in [5.74, 6) is -0.485. The van der Waals surface area contributed by atoms with Crippen LogP contribution in [-0.4, -0.2) is 89.6 Å². The molecule has 0 spiro atoms. The molecule has 274 valence electrons. The zero-order valence-electron chi connectivity index (χ0n) is 29.6. The average Bonchev–Trinajstić information content (AvgIpc) is 3.04. The Morgan fingerprint density at radius 3 is 1.41 bits per heavy atom. The molecular weight excluding hydrogens is 588 g/mol. The van der Waals surface area contributed by atoms with Crippen molar-refractivity contribution in [1.29, 1.82) is 0 Å². The van der Waals surface area contributed by atoms with E-state index in [1.807, 2.05) is 0 Å². The molecule has 0 aromatic heterocycles. The van der Waals surface area contributed by atoms with Gasteiger partial charge in [0.25, 0.3) is 0 Å². The first-order chi connectivity index (χ1) is 22.4. The van der Waals surface area contributed by atoms with E-state index in [2.05, 4.69) is 6.92 Å². The summed E-state index contributed by atoms with van der Waals surface area (Å²) in [4.78, 5) is 11.5. The van der Waals surface area contributed by atoms with Gasteiger partial charge in [-0.1, -0.05) is 155 Å². The van der Waals surface area contributed by atoms with Gasteiger partial charge in [0, 0.05) is 13.5 Å². The maximum absolute atomic E-state index is 11.5. The highest BCUT2D eigenvalue weighted by molar-refractivity contribution is 5.66. The smallest absolute Gasteiger partial charge is 0.303 e. The molecule has 1 rings (SSSR count). The maximum atomic E-state index is 11.5. The molecule has 1 aliphatic heterocycles. The van der Waals surface area contributed by atoms with E-state index in [4.69, 9.17) is 18.9 Å². The highest BCUT2D eigenvalue weighted by Crippen LogP contribution is 2.22. The highest BCUT2D eigenvalue weighted by atomic mass is 16.7. The van der Waals surface area contributed by atoms with Gasteiger partial charge in [0.15, 0.2) is 6.29 Å². The molecule has 1 heterocycles. The molecule has 1 saturated heterocycles. The van der Waals surface area contributed by atoms with Crippen LogP contribution in [0.2, 0.25) is 0 Å². The fraction of sp³-hybridized carbons (Fsp3) is 0.973. The largest absolute Gasteiger partial charge is 0.458 e. The number of unbranched alkanes of at least 4 members (excludes halogenated alkanes) is 23. The summed E-state index contributed by atoms with van der Waals surface area (Å²) >= 11 is 0. The lowest BCUT2D eigenvalue weighted by Gasteiger charge is -2.39. The molecule has 0 aromatic carbocycles. The van der Waals surface area contributed by atoms with Crippen LogP contribution in [0, 0.1) is 0 Å². The van der Waals surface area contributed by atoms with E-state index in [9.17, 15) is 25.2 Å². The van der Waals surface area contributed by atoms with Crippen molar-refractivity contribution in [2.75, 3.05) is 26.4 Å². The third-order valence-electron chi connectivity index (χ3n) is 9.07. The zero-order valence-corrected chi connectivity index (χ0v) is 29.6. The number of rotatable bonds is 32. The SMILES string of the molecule is CCCCCCCCCCCCCCCCCCCCCCCCCCOCC(COC1OC(CO)C(O)C(O)C1O)OC(C)=O. The minimum absolute atomic E-state index is 0.123. The lowest BCUT2D eigenvalue weighted by atomic mass is 9.99. The number of hydrogen-bond donors (Lipinski definition) is 4. The zero-order chi connectivity index (χ0) is 33.7. The first kappa shape index (κ1) is 43.2. The van der Waals surface area contributed by atoms with Crippen LogP contribution in [0.15, 0.2) is 0 Å². The van der Waals surface area contributed by atoms with Crippen LogP contribution in [0.3, 0.4) is 0 Å². The van der Waals surface area contributed by atoms with E-state index < -0.39 is 49.4 Å². The van der Waals surface area contributed by atoms with Crippen molar-refractivity contribution in [3.05, 3.63) is 0 Å². The Kier molecular flexibility index (Phi) is 28.4. The molecule has 4 N–H and O–H groups in total. The first-order valence-corrected chi connectivity index (χ1v) is 19.1. The van der Waals surface area contributed by atoms with Crippen LogP contribution < -0.4 is 0 Å².